The molecule has 0 bridgehead atoms. The molecule has 4 heteroatoms. The van der Waals surface area contributed by atoms with Gasteiger partial charge in [-0.3, -0.25) is 0 Å². The second kappa shape index (κ2) is 6.97. The first-order chi connectivity index (χ1) is 10.5. The third-order valence-corrected chi connectivity index (χ3v) is 4.96. The van der Waals surface area contributed by atoms with Gasteiger partial charge in [-0.25, -0.2) is 9.48 Å². The Morgan fingerprint density at radius 2 is 2.05 bits per heavy atom. The number of aryl methyl sites for hydroxylation is 1. The van der Waals surface area contributed by atoms with E-state index in [9.17, 15) is 0 Å². The summed E-state index contributed by atoms with van der Waals surface area (Å²) in [6, 6.07) is 4.18. The van der Waals surface area contributed by atoms with Gasteiger partial charge in [0.2, 0.25) is 0 Å². The van der Waals surface area contributed by atoms with Crippen molar-refractivity contribution in [1.82, 2.24) is 4.48 Å². The minimum atomic E-state index is 0.547. The lowest BCUT2D eigenvalue weighted by molar-refractivity contribution is 0.392. The van der Waals surface area contributed by atoms with E-state index in [1.54, 1.807) is 7.11 Å². The Labute approximate surface area is 142 Å². The number of ether oxygens (including phenoxy) is 1. The lowest BCUT2D eigenvalue weighted by Gasteiger charge is -2.33. The van der Waals surface area contributed by atoms with E-state index in [4.69, 9.17) is 4.74 Å². The van der Waals surface area contributed by atoms with E-state index < -0.39 is 0 Å². The predicted molar refractivity (Wildman–Crippen MR) is 98.4 cm³/mol. The first kappa shape index (κ1) is 17.2. The number of nitrogens with zero attached hydrogens (tertiary/aromatic N) is 2. The summed E-state index contributed by atoms with van der Waals surface area (Å²) < 4.78 is 7.32. The molecule has 0 saturated carbocycles. The van der Waals surface area contributed by atoms with Crippen molar-refractivity contribution in [1.29, 1.82) is 0 Å². The fourth-order valence-corrected chi connectivity index (χ4v) is 4.02. The fourth-order valence-electron chi connectivity index (χ4n) is 3.47. The minimum absolute atomic E-state index is 0.547. The summed E-state index contributed by atoms with van der Waals surface area (Å²) in [5, 5.41) is 0. The number of benzene rings is 1. The molecule has 1 aliphatic rings. The summed E-state index contributed by atoms with van der Waals surface area (Å²) in [5.74, 6) is 1.45. The topological polar surface area (TPSA) is 21.6 Å². The van der Waals surface area contributed by atoms with Crippen molar-refractivity contribution < 1.29 is 4.74 Å². The normalized spacial score (nSPS) is 21.8. The van der Waals surface area contributed by atoms with Gasteiger partial charge in [0.05, 0.1) is 20.4 Å². The van der Waals surface area contributed by atoms with Crippen LogP contribution in [0.4, 0.5) is 5.69 Å². The Morgan fingerprint density at radius 1 is 1.32 bits per heavy atom. The maximum Gasteiger partial charge on any atom is 0.200 e. The van der Waals surface area contributed by atoms with Crippen molar-refractivity contribution in [2.75, 3.05) is 14.2 Å². The van der Waals surface area contributed by atoms with E-state index in [0.717, 1.165) is 16.6 Å². The smallest absolute Gasteiger partial charge is 0.200 e. The molecule has 2 unspecified atom stereocenters. The summed E-state index contributed by atoms with van der Waals surface area (Å²) in [6.07, 6.45) is 7.58. The first-order valence-electron chi connectivity index (χ1n) is 7.93. The molecule has 22 heavy (non-hydrogen) atoms. The molecule has 0 aliphatic carbocycles. The molecule has 1 aromatic rings. The first-order valence-corrected chi connectivity index (χ1v) is 8.73. The molecule has 2 rings (SSSR count). The predicted octanol–water partition coefficient (Wildman–Crippen LogP) is 5.41. The second-order valence-electron chi connectivity index (χ2n) is 6.06. The van der Waals surface area contributed by atoms with E-state index in [1.165, 1.54) is 29.8 Å². The van der Waals surface area contributed by atoms with Crippen LogP contribution in [0.1, 0.15) is 38.7 Å². The summed E-state index contributed by atoms with van der Waals surface area (Å²) in [5.41, 5.74) is 3.74. The number of rotatable bonds is 6. The number of hydrogen-bond donors (Lipinski definition) is 0. The van der Waals surface area contributed by atoms with Crippen molar-refractivity contribution in [2.24, 2.45) is 10.9 Å². The maximum atomic E-state index is 5.67. The average molecular weight is 366 g/mol. The van der Waals surface area contributed by atoms with E-state index in [2.05, 4.69) is 54.8 Å². The zero-order valence-corrected chi connectivity index (χ0v) is 15.8. The molecule has 0 radical (unpaired) electrons. The van der Waals surface area contributed by atoms with Crippen LogP contribution in [0.2, 0.25) is 0 Å². The molecular formula is C18H26BrN2O+. The van der Waals surface area contributed by atoms with Crippen molar-refractivity contribution in [3.8, 4) is 5.75 Å². The number of allylic oxidation sites excluding steroid dienone is 1. The molecule has 0 fully saturated rings. The van der Waals surface area contributed by atoms with Crippen LogP contribution in [-0.2, 0) is 0 Å². The third kappa shape index (κ3) is 2.99. The van der Waals surface area contributed by atoms with Gasteiger partial charge in [-0.2, -0.15) is 0 Å². The van der Waals surface area contributed by atoms with Gasteiger partial charge in [-0.05, 0) is 25.8 Å². The largest absolute Gasteiger partial charge is 0.491 e. The number of halogens is 1. The van der Waals surface area contributed by atoms with Crippen LogP contribution in [0.5, 0.6) is 5.75 Å². The highest BCUT2D eigenvalue weighted by Gasteiger charge is 2.40. The van der Waals surface area contributed by atoms with Crippen LogP contribution in [0.25, 0.3) is 0 Å². The summed E-state index contributed by atoms with van der Waals surface area (Å²) in [6.45, 7) is 6.64. The number of quaternary nitrogens is 1. The quantitative estimate of drug-likeness (QED) is 0.617. The molecule has 0 spiro atoms. The Bertz CT molecular complexity index is 609. The van der Waals surface area contributed by atoms with Gasteiger partial charge in [0.1, 0.15) is 5.70 Å². The van der Waals surface area contributed by atoms with Gasteiger partial charge < -0.3 is 4.74 Å². The van der Waals surface area contributed by atoms with Crippen molar-refractivity contribution in [3.63, 3.8) is 0 Å². The van der Waals surface area contributed by atoms with Crippen LogP contribution < -0.4 is 9.22 Å². The molecule has 3 nitrogen and oxygen atoms in total. The molecular weight excluding hydrogens is 340 g/mol. The molecule has 2 atom stereocenters. The van der Waals surface area contributed by atoms with Crippen molar-refractivity contribution in [2.45, 2.75) is 40.0 Å². The van der Waals surface area contributed by atoms with Gasteiger partial charge in [-0.15, -0.1) is 0 Å². The summed E-state index contributed by atoms with van der Waals surface area (Å²) in [4.78, 5) is 4.50. The number of methoxy groups -OCH3 is 1. The Hall–Kier alpha value is -1.13. The highest BCUT2D eigenvalue weighted by molar-refractivity contribution is 9.10. The van der Waals surface area contributed by atoms with Crippen molar-refractivity contribution in [3.05, 3.63) is 34.1 Å². The second-order valence-corrected chi connectivity index (χ2v) is 6.98. The average Bonchev–Trinajstić information content (AvgIpc) is 2.86. The monoisotopic (exact) mass is 365 g/mol. The van der Waals surface area contributed by atoms with Gasteiger partial charge in [-0.1, -0.05) is 36.2 Å². The van der Waals surface area contributed by atoms with E-state index >= 15 is 0 Å². The van der Waals surface area contributed by atoms with E-state index in [0.29, 0.717) is 10.4 Å². The number of aliphatic imine (C=N–C) groups is 1. The molecule has 0 N–H and O–H groups in total. The molecule has 1 aromatic carbocycles. The van der Waals surface area contributed by atoms with Gasteiger partial charge in [0.15, 0.2) is 17.8 Å². The molecule has 0 amide bonds. The highest BCUT2D eigenvalue weighted by Crippen LogP contribution is 2.44. The molecule has 1 heterocycles. The lowest BCUT2D eigenvalue weighted by atomic mass is 9.94. The molecule has 0 saturated heterocycles. The Kier molecular flexibility index (Phi) is 5.45. The van der Waals surface area contributed by atoms with E-state index in [1.807, 2.05) is 18.6 Å². The van der Waals surface area contributed by atoms with Crippen LogP contribution in [0.3, 0.4) is 0 Å². The molecule has 1 aliphatic heterocycles. The minimum Gasteiger partial charge on any atom is -0.491 e. The van der Waals surface area contributed by atoms with Crippen LogP contribution in [-0.4, -0.2) is 20.5 Å². The molecule has 0 aromatic heterocycles. The maximum absolute atomic E-state index is 5.67. The SMILES string of the molecule is CCCC(CC)C1=CN=C[N+]1(C)c1c(C)cc(Br)cc1OC. The fraction of sp³-hybridized carbons (Fsp3) is 0.500. The van der Waals surface area contributed by atoms with Crippen molar-refractivity contribution >= 4 is 28.0 Å². The Balaban J connectivity index is 2.55. The van der Waals surface area contributed by atoms with Gasteiger partial charge in [0, 0.05) is 22.0 Å². The number of hydrogen-bond acceptors (Lipinski definition) is 2. The lowest BCUT2D eigenvalue weighted by Crippen LogP contribution is -2.43. The summed E-state index contributed by atoms with van der Waals surface area (Å²) in [7, 11) is 3.94. The van der Waals surface area contributed by atoms with E-state index in [-0.39, 0.29) is 0 Å². The van der Waals surface area contributed by atoms with Crippen LogP contribution in [0, 0.1) is 12.8 Å². The summed E-state index contributed by atoms with van der Waals surface area (Å²) >= 11 is 3.56. The third-order valence-electron chi connectivity index (χ3n) is 4.50. The van der Waals surface area contributed by atoms with Gasteiger partial charge >= 0.3 is 0 Å². The zero-order valence-electron chi connectivity index (χ0n) is 14.2. The standard InChI is InChI=1S/C18H26BrN2O/c1-6-8-14(7-2)16-11-20-12-21(16,4)18-13(3)9-15(19)10-17(18)22-5/h9-12,14H,6-8H2,1-5H3/q+1. The molecule has 120 valence electrons. The highest BCUT2D eigenvalue weighted by atomic mass is 79.9. The van der Waals surface area contributed by atoms with Crippen LogP contribution >= 0.6 is 15.9 Å². The Morgan fingerprint density at radius 3 is 2.64 bits per heavy atom. The van der Waals surface area contributed by atoms with Crippen LogP contribution in [0.15, 0.2) is 33.5 Å². The van der Waals surface area contributed by atoms with Gasteiger partial charge in [0.25, 0.3) is 0 Å². The zero-order chi connectivity index (χ0) is 16.3.